The Morgan fingerprint density at radius 2 is 1.90 bits per heavy atom. The van der Waals surface area contributed by atoms with E-state index in [0.717, 1.165) is 36.5 Å². The number of hydrogen-bond acceptors (Lipinski definition) is 5. The number of nitrogens with zero attached hydrogens (tertiary/aromatic N) is 2. The fourth-order valence-corrected chi connectivity index (χ4v) is 4.61. The van der Waals surface area contributed by atoms with E-state index in [1.807, 2.05) is 31.4 Å². The molecule has 29 heavy (non-hydrogen) atoms. The first-order chi connectivity index (χ1) is 13.8. The summed E-state index contributed by atoms with van der Waals surface area (Å²) in [6.07, 6.45) is 1.28. The number of likely N-dealkylation sites (tertiary alicyclic amines) is 1. The van der Waals surface area contributed by atoms with E-state index in [2.05, 4.69) is 34.4 Å². The van der Waals surface area contributed by atoms with Crippen LogP contribution in [0.15, 0.2) is 23.6 Å². The molecule has 0 bridgehead atoms. The molecule has 1 aliphatic rings. The van der Waals surface area contributed by atoms with Crippen LogP contribution in [0.1, 0.15) is 47.4 Å². The molecule has 2 atom stereocenters. The van der Waals surface area contributed by atoms with Crippen LogP contribution in [-0.4, -0.2) is 41.3 Å². The lowest BCUT2D eigenvalue weighted by Gasteiger charge is -2.34. The van der Waals surface area contributed by atoms with E-state index in [9.17, 15) is 9.59 Å². The van der Waals surface area contributed by atoms with Crippen LogP contribution in [0.25, 0.3) is 0 Å². The second kappa shape index (κ2) is 9.50. The van der Waals surface area contributed by atoms with Gasteiger partial charge in [0.05, 0.1) is 12.2 Å². The van der Waals surface area contributed by atoms with Crippen molar-refractivity contribution in [2.75, 3.05) is 25.0 Å². The number of aromatic nitrogens is 1. The number of thiazole rings is 1. The lowest BCUT2D eigenvalue weighted by Crippen LogP contribution is -2.38. The number of nitrogens with one attached hydrogen (secondary N) is 2. The Morgan fingerprint density at radius 1 is 1.17 bits per heavy atom. The van der Waals surface area contributed by atoms with Gasteiger partial charge >= 0.3 is 0 Å². The third kappa shape index (κ3) is 6.11. The van der Waals surface area contributed by atoms with E-state index in [1.54, 1.807) is 6.07 Å². The second-order valence-electron chi connectivity index (χ2n) is 8.31. The Hall–Kier alpha value is -2.25. The number of aryl methyl sites for hydroxylation is 2. The molecule has 2 N–H and O–H groups in total. The molecular formula is C22H30N4O2S. The predicted molar refractivity (Wildman–Crippen MR) is 117 cm³/mol. The molecule has 1 aromatic heterocycles. The maximum atomic E-state index is 12.2. The van der Waals surface area contributed by atoms with Crippen molar-refractivity contribution in [3.8, 4) is 0 Å². The maximum Gasteiger partial charge on any atom is 0.251 e. The highest BCUT2D eigenvalue weighted by Crippen LogP contribution is 2.23. The average Bonchev–Trinajstić information content (AvgIpc) is 3.07. The van der Waals surface area contributed by atoms with E-state index in [4.69, 9.17) is 0 Å². The van der Waals surface area contributed by atoms with Crippen LogP contribution in [0.2, 0.25) is 0 Å². The summed E-state index contributed by atoms with van der Waals surface area (Å²) in [6.45, 7) is 11.5. The van der Waals surface area contributed by atoms with Crippen molar-refractivity contribution in [2.45, 2.75) is 40.7 Å². The van der Waals surface area contributed by atoms with Crippen LogP contribution in [-0.2, 0) is 11.3 Å². The molecule has 3 rings (SSSR count). The van der Waals surface area contributed by atoms with Crippen LogP contribution < -0.4 is 10.6 Å². The van der Waals surface area contributed by atoms with Gasteiger partial charge in [-0.3, -0.25) is 14.5 Å². The molecule has 2 aromatic rings. The molecule has 156 valence electrons. The van der Waals surface area contributed by atoms with Gasteiger partial charge in [0, 0.05) is 30.6 Å². The van der Waals surface area contributed by atoms with E-state index in [-0.39, 0.29) is 18.4 Å². The monoisotopic (exact) mass is 414 g/mol. The predicted octanol–water partition coefficient (Wildman–Crippen LogP) is 3.61. The number of amides is 2. The fraction of sp³-hybridized carbons (Fsp3) is 0.500. The first-order valence-electron chi connectivity index (χ1n) is 10.1. The quantitative estimate of drug-likeness (QED) is 0.757. The van der Waals surface area contributed by atoms with Gasteiger partial charge in [0.25, 0.3) is 5.91 Å². The third-order valence-electron chi connectivity index (χ3n) is 5.31. The maximum absolute atomic E-state index is 12.2. The zero-order valence-corrected chi connectivity index (χ0v) is 18.4. The fourth-order valence-electron chi connectivity index (χ4n) is 3.90. The van der Waals surface area contributed by atoms with Gasteiger partial charge in [0.2, 0.25) is 5.91 Å². The lowest BCUT2D eigenvalue weighted by molar-refractivity contribution is -0.115. The van der Waals surface area contributed by atoms with Gasteiger partial charge in [-0.1, -0.05) is 19.9 Å². The molecule has 1 aromatic carbocycles. The molecule has 7 heteroatoms. The van der Waals surface area contributed by atoms with Crippen molar-refractivity contribution in [1.82, 2.24) is 15.2 Å². The summed E-state index contributed by atoms with van der Waals surface area (Å²) in [5, 5.41) is 8.01. The number of carbonyl (C=O) groups is 2. The van der Waals surface area contributed by atoms with E-state index in [0.29, 0.717) is 22.5 Å². The Balaban J connectivity index is 1.47. The number of carbonyl (C=O) groups excluding carboxylic acids is 2. The van der Waals surface area contributed by atoms with Crippen LogP contribution in [0, 0.1) is 25.7 Å². The number of benzene rings is 1. The summed E-state index contributed by atoms with van der Waals surface area (Å²) in [5.74, 6) is 0.884. The highest BCUT2D eigenvalue weighted by Gasteiger charge is 2.22. The van der Waals surface area contributed by atoms with Crippen LogP contribution in [0.4, 0.5) is 5.13 Å². The molecule has 2 heterocycles. The summed E-state index contributed by atoms with van der Waals surface area (Å²) in [7, 11) is 0. The third-order valence-corrected chi connectivity index (χ3v) is 6.11. The largest absolute Gasteiger partial charge is 0.343 e. The first-order valence-corrected chi connectivity index (χ1v) is 11.0. The molecule has 0 unspecified atom stereocenters. The summed E-state index contributed by atoms with van der Waals surface area (Å²) in [5.41, 5.74) is 3.72. The van der Waals surface area contributed by atoms with Gasteiger partial charge in [-0.15, -0.1) is 11.3 Å². The highest BCUT2D eigenvalue weighted by molar-refractivity contribution is 7.13. The van der Waals surface area contributed by atoms with Gasteiger partial charge in [-0.2, -0.15) is 0 Å². The van der Waals surface area contributed by atoms with Crippen molar-refractivity contribution < 1.29 is 9.59 Å². The van der Waals surface area contributed by atoms with Gasteiger partial charge in [0.1, 0.15) is 0 Å². The van der Waals surface area contributed by atoms with Crippen molar-refractivity contribution in [3.63, 3.8) is 0 Å². The Morgan fingerprint density at radius 3 is 2.59 bits per heavy atom. The summed E-state index contributed by atoms with van der Waals surface area (Å²) < 4.78 is 0. The summed E-state index contributed by atoms with van der Waals surface area (Å²) >= 11 is 1.42. The Labute approximate surface area is 176 Å². The van der Waals surface area contributed by atoms with Crippen molar-refractivity contribution >= 4 is 28.3 Å². The molecule has 1 saturated heterocycles. The molecular weight excluding hydrogens is 384 g/mol. The zero-order chi connectivity index (χ0) is 21.0. The van der Waals surface area contributed by atoms with Crippen molar-refractivity contribution in [1.29, 1.82) is 0 Å². The number of anilines is 1. The smallest absolute Gasteiger partial charge is 0.251 e. The molecule has 0 saturated carbocycles. The lowest BCUT2D eigenvalue weighted by atomic mass is 9.92. The van der Waals surface area contributed by atoms with Gasteiger partial charge in [-0.25, -0.2) is 4.98 Å². The average molecular weight is 415 g/mol. The van der Waals surface area contributed by atoms with Crippen LogP contribution in [0.5, 0.6) is 0 Å². The minimum atomic E-state index is -0.275. The minimum absolute atomic E-state index is 0.0815. The Kier molecular flexibility index (Phi) is 7.03. The molecule has 0 aliphatic carbocycles. The topological polar surface area (TPSA) is 74.3 Å². The highest BCUT2D eigenvalue weighted by atomic mass is 32.1. The molecule has 6 nitrogen and oxygen atoms in total. The van der Waals surface area contributed by atoms with Gasteiger partial charge in [0.15, 0.2) is 5.13 Å². The summed E-state index contributed by atoms with van der Waals surface area (Å²) in [6, 6.07) is 5.51. The molecule has 0 spiro atoms. The number of piperidine rings is 1. The zero-order valence-electron chi connectivity index (χ0n) is 17.6. The molecule has 1 fully saturated rings. The van der Waals surface area contributed by atoms with Crippen LogP contribution >= 0.6 is 11.3 Å². The van der Waals surface area contributed by atoms with E-state index in [1.165, 1.54) is 17.8 Å². The normalized spacial score (nSPS) is 19.7. The second-order valence-corrected chi connectivity index (χ2v) is 9.17. The first kappa shape index (κ1) is 21.5. The molecule has 2 amide bonds. The number of hydrogen-bond donors (Lipinski definition) is 2. The molecule has 0 radical (unpaired) electrons. The van der Waals surface area contributed by atoms with E-state index >= 15 is 0 Å². The van der Waals surface area contributed by atoms with E-state index < -0.39 is 0 Å². The van der Waals surface area contributed by atoms with Crippen molar-refractivity contribution in [2.24, 2.45) is 11.8 Å². The molecule has 1 aliphatic heterocycles. The standard InChI is InChI=1S/C22H30N4O2S/c1-14-7-15(2)11-26(10-14)12-19-13-29-22(24-19)25-20(27)9-23-21(28)18-6-5-16(3)17(4)8-18/h5-6,8,13-15H,7,9-12H2,1-4H3,(H,23,28)(H,24,25,27)/t14-,15+. The van der Waals surface area contributed by atoms with Gasteiger partial charge in [-0.05, 0) is 55.4 Å². The van der Waals surface area contributed by atoms with Gasteiger partial charge < -0.3 is 10.6 Å². The van der Waals surface area contributed by atoms with Crippen molar-refractivity contribution in [3.05, 3.63) is 46.0 Å². The minimum Gasteiger partial charge on any atom is -0.343 e. The Bertz CT molecular complexity index is 869. The van der Waals surface area contributed by atoms with Crippen LogP contribution in [0.3, 0.4) is 0 Å². The summed E-state index contributed by atoms with van der Waals surface area (Å²) in [4.78, 5) is 31.4. The number of rotatable bonds is 6. The SMILES string of the molecule is Cc1ccc(C(=O)NCC(=O)Nc2nc(CN3C[C@H](C)C[C@H](C)C3)cs2)cc1C.